The van der Waals surface area contributed by atoms with Crippen molar-refractivity contribution in [1.29, 1.82) is 0 Å². The van der Waals surface area contributed by atoms with Gasteiger partial charge in [-0.3, -0.25) is 0 Å². The number of oxazole rings is 1. The first-order valence-electron chi connectivity index (χ1n) is 7.54. The summed E-state index contributed by atoms with van der Waals surface area (Å²) in [5.74, 6) is -0.226. The van der Waals surface area contributed by atoms with Crippen molar-refractivity contribution in [2.75, 3.05) is 0 Å². The van der Waals surface area contributed by atoms with Gasteiger partial charge < -0.3 is 4.42 Å². The van der Waals surface area contributed by atoms with Gasteiger partial charge in [-0.05, 0) is 48.7 Å². The van der Waals surface area contributed by atoms with Crippen LogP contribution in [0.25, 0.3) is 11.1 Å². The molecule has 0 atom stereocenters. The van der Waals surface area contributed by atoms with Crippen molar-refractivity contribution in [2.45, 2.75) is 25.9 Å². The van der Waals surface area contributed by atoms with Crippen molar-refractivity contribution < 1.29 is 22.0 Å². The monoisotopic (exact) mass is 370 g/mol. The Bertz CT molecular complexity index is 904. The van der Waals surface area contributed by atoms with Crippen molar-refractivity contribution in [3.8, 4) is 0 Å². The predicted molar refractivity (Wildman–Crippen MR) is 86.8 cm³/mol. The van der Waals surface area contributed by atoms with Crippen LogP contribution in [0.2, 0.25) is 5.02 Å². The number of hydrogen-bond acceptors (Lipinski definition) is 2. The Kier molecular flexibility index (Phi) is 4.73. The molecule has 0 saturated heterocycles. The van der Waals surface area contributed by atoms with Crippen LogP contribution >= 0.6 is 11.6 Å². The zero-order chi connectivity index (χ0) is 18.2. The van der Waals surface area contributed by atoms with Crippen LogP contribution in [0, 0.1) is 11.7 Å². The Morgan fingerprint density at radius 2 is 1.92 bits per heavy atom. The molecule has 0 fully saturated rings. The second-order valence-electron chi connectivity index (χ2n) is 5.58. The van der Waals surface area contributed by atoms with Crippen molar-refractivity contribution in [3.63, 3.8) is 0 Å². The van der Waals surface area contributed by atoms with E-state index >= 15 is 0 Å². The Morgan fingerprint density at radius 3 is 2.60 bits per heavy atom. The fourth-order valence-electron chi connectivity index (χ4n) is 2.55. The molecule has 25 heavy (non-hydrogen) atoms. The van der Waals surface area contributed by atoms with E-state index in [1.54, 1.807) is 18.2 Å². The topological polar surface area (TPSA) is 26.0 Å². The highest BCUT2D eigenvalue weighted by Gasteiger charge is 2.34. The molecule has 0 amide bonds. The second-order valence-corrected chi connectivity index (χ2v) is 6.01. The van der Waals surface area contributed by atoms with Gasteiger partial charge in [-0.2, -0.15) is 13.2 Å². The molecule has 0 aliphatic heterocycles. The Morgan fingerprint density at radius 1 is 1.16 bits per heavy atom. The number of hydrogen-bond donors (Lipinski definition) is 0. The lowest BCUT2D eigenvalue weighted by Crippen LogP contribution is -2.10. The number of halogens is 5. The molecule has 0 N–H and O–H groups in total. The van der Waals surface area contributed by atoms with Crippen molar-refractivity contribution >= 4 is 22.7 Å². The molecule has 0 spiro atoms. The van der Waals surface area contributed by atoms with Crippen LogP contribution in [0.3, 0.4) is 0 Å². The van der Waals surface area contributed by atoms with Crippen molar-refractivity contribution in [2.24, 2.45) is 0 Å². The van der Waals surface area contributed by atoms with Gasteiger partial charge >= 0.3 is 6.18 Å². The summed E-state index contributed by atoms with van der Waals surface area (Å²) >= 11 is 5.92. The lowest BCUT2D eigenvalue weighted by atomic mass is 9.95. The smallest absolute Gasteiger partial charge is 0.419 e. The average molecular weight is 371 g/mol. The van der Waals surface area contributed by atoms with E-state index in [0.717, 1.165) is 12.1 Å². The Balaban J connectivity index is 1.91. The molecule has 1 aromatic heterocycles. The van der Waals surface area contributed by atoms with Crippen LogP contribution in [0.15, 0.2) is 40.8 Å². The minimum atomic E-state index is -4.74. The number of fused-ring (bicyclic) bond motifs is 1. The Hall–Kier alpha value is -2.08. The van der Waals surface area contributed by atoms with Gasteiger partial charge in [0.15, 0.2) is 5.58 Å². The fraction of sp³-hybridized carbons (Fsp3) is 0.222. The number of aromatic nitrogens is 1. The van der Waals surface area contributed by atoms with E-state index in [1.807, 2.05) is 6.92 Å². The molecule has 0 saturated carbocycles. The summed E-state index contributed by atoms with van der Waals surface area (Å²) in [6, 6.07) is 7.99. The maximum absolute atomic E-state index is 13.4. The summed E-state index contributed by atoms with van der Waals surface area (Å²) in [7, 11) is 0. The zero-order valence-corrected chi connectivity index (χ0v) is 13.9. The van der Waals surface area contributed by atoms with Crippen molar-refractivity contribution in [3.05, 3.63) is 70.2 Å². The first kappa shape index (κ1) is 17.7. The molecular weight excluding hydrogens is 358 g/mol. The molecule has 0 bridgehead atoms. The largest absolute Gasteiger partial charge is 0.440 e. The van der Waals surface area contributed by atoms with E-state index in [9.17, 15) is 17.6 Å². The average Bonchev–Trinajstić information content (AvgIpc) is 2.95. The van der Waals surface area contributed by atoms with Gasteiger partial charge in [0, 0.05) is 5.02 Å². The maximum Gasteiger partial charge on any atom is 0.419 e. The van der Waals surface area contributed by atoms with Gasteiger partial charge in [0.1, 0.15) is 11.3 Å². The molecule has 0 aliphatic carbocycles. The number of nitrogens with zero attached hydrogens (tertiary/aromatic N) is 1. The third kappa shape index (κ3) is 3.79. The second kappa shape index (κ2) is 6.67. The lowest BCUT2D eigenvalue weighted by molar-refractivity contribution is -0.140. The van der Waals surface area contributed by atoms with E-state index in [-0.39, 0.29) is 6.42 Å². The number of alkyl halides is 3. The predicted octanol–water partition coefficient (Wildman–Crippen LogP) is 6.21. The third-order valence-electron chi connectivity index (χ3n) is 3.83. The van der Waals surface area contributed by atoms with E-state index in [0.29, 0.717) is 39.9 Å². The normalized spacial score (nSPS) is 12.3. The SMILES string of the molecule is CC[C](Cc1ccc(F)c(C(F)(F)F)c1)c1nc2cc(Cl)ccc2o1. The van der Waals surface area contributed by atoms with Gasteiger partial charge in [-0.1, -0.05) is 24.6 Å². The summed E-state index contributed by atoms with van der Waals surface area (Å²) in [5, 5.41) is 0.513. The zero-order valence-electron chi connectivity index (χ0n) is 13.1. The highest BCUT2D eigenvalue weighted by molar-refractivity contribution is 6.31. The van der Waals surface area contributed by atoms with Crippen LogP contribution in [-0.2, 0) is 12.6 Å². The van der Waals surface area contributed by atoms with Crippen LogP contribution in [0.4, 0.5) is 17.6 Å². The molecule has 1 radical (unpaired) electrons. The van der Waals surface area contributed by atoms with Crippen molar-refractivity contribution in [1.82, 2.24) is 4.98 Å². The minimum absolute atomic E-state index is 0.181. The van der Waals surface area contributed by atoms with Gasteiger partial charge in [-0.25, -0.2) is 9.37 Å². The van der Waals surface area contributed by atoms with E-state index in [2.05, 4.69) is 4.98 Å². The summed E-state index contributed by atoms with van der Waals surface area (Å²) < 4.78 is 57.7. The first-order chi connectivity index (χ1) is 11.8. The first-order valence-corrected chi connectivity index (χ1v) is 7.92. The van der Waals surface area contributed by atoms with Gasteiger partial charge in [0.25, 0.3) is 0 Å². The maximum atomic E-state index is 13.4. The van der Waals surface area contributed by atoms with Crippen LogP contribution in [0.1, 0.15) is 30.4 Å². The van der Waals surface area contributed by atoms with Crippen LogP contribution in [0.5, 0.6) is 0 Å². The highest BCUT2D eigenvalue weighted by atomic mass is 35.5. The summed E-state index contributed by atoms with van der Waals surface area (Å²) in [5.41, 5.74) is 0.180. The lowest BCUT2D eigenvalue weighted by Gasteiger charge is -2.13. The number of rotatable bonds is 4. The molecule has 0 aliphatic rings. The molecule has 131 valence electrons. The van der Waals surface area contributed by atoms with Gasteiger partial charge in [-0.15, -0.1) is 0 Å². The quantitative estimate of drug-likeness (QED) is 0.510. The van der Waals surface area contributed by atoms with Crippen LogP contribution < -0.4 is 0 Å². The third-order valence-corrected chi connectivity index (χ3v) is 4.07. The molecule has 7 heteroatoms. The molecule has 1 heterocycles. The summed E-state index contributed by atoms with van der Waals surface area (Å²) in [6.45, 7) is 1.85. The highest BCUT2D eigenvalue weighted by Crippen LogP contribution is 2.33. The molecule has 2 nitrogen and oxygen atoms in total. The molecule has 3 rings (SSSR count). The van der Waals surface area contributed by atoms with E-state index in [1.165, 1.54) is 6.07 Å². The van der Waals surface area contributed by atoms with Gasteiger partial charge in [0.2, 0.25) is 5.89 Å². The van der Waals surface area contributed by atoms with E-state index in [4.69, 9.17) is 16.0 Å². The summed E-state index contributed by atoms with van der Waals surface area (Å²) in [6.07, 6.45) is -4.03. The van der Waals surface area contributed by atoms with Crippen LogP contribution in [-0.4, -0.2) is 4.98 Å². The molecule has 0 unspecified atom stereocenters. The molecule has 2 aromatic carbocycles. The summed E-state index contributed by atoms with van der Waals surface area (Å²) in [4.78, 5) is 4.35. The van der Waals surface area contributed by atoms with E-state index < -0.39 is 17.6 Å². The molecular formula is C18H13ClF4NO. The number of benzene rings is 2. The fourth-order valence-corrected chi connectivity index (χ4v) is 2.72. The minimum Gasteiger partial charge on any atom is -0.440 e. The standard InChI is InChI=1S/C18H13ClF4NO/c1-2-11(17-24-15-9-12(19)4-6-16(15)25-17)7-10-3-5-14(20)13(8-10)18(21,22)23/h3-6,8-9H,2,7H2,1H3. The van der Waals surface area contributed by atoms with Gasteiger partial charge in [0.05, 0.1) is 11.5 Å². The molecule has 3 aromatic rings. The Labute approximate surface area is 146 Å².